The molecule has 1 heterocycles. The summed E-state index contributed by atoms with van der Waals surface area (Å²) in [5.74, 6) is 0.172. The van der Waals surface area contributed by atoms with Crippen LogP contribution in [0.25, 0.3) is 0 Å². The molecule has 5 heteroatoms. The van der Waals surface area contributed by atoms with Crippen molar-refractivity contribution in [2.45, 2.75) is 6.42 Å². The van der Waals surface area contributed by atoms with Crippen molar-refractivity contribution in [3.05, 3.63) is 60.2 Å². The topological polar surface area (TPSA) is 51.2 Å². The lowest BCUT2D eigenvalue weighted by Gasteiger charge is -2.07. The molecule has 104 valence electrons. The molecule has 1 N–H and O–H groups in total. The molecule has 1 amide bonds. The number of ether oxygens (including phenoxy) is 1. The molecular formula is C15H15FN2O2. The number of aromatic nitrogens is 1. The number of carbonyl (C=O) groups excluding carboxylic acids is 1. The maximum absolute atomic E-state index is 12.7. The summed E-state index contributed by atoms with van der Waals surface area (Å²) in [6.07, 6.45) is 3.81. The second-order valence-electron chi connectivity index (χ2n) is 4.15. The Bertz CT molecular complexity index is 544. The molecule has 0 aliphatic heterocycles. The molecule has 0 radical (unpaired) electrons. The van der Waals surface area contributed by atoms with Crippen LogP contribution in [0.5, 0.6) is 5.75 Å². The molecule has 0 spiro atoms. The molecule has 0 saturated carbocycles. The maximum atomic E-state index is 12.7. The number of nitrogens with zero attached hydrogens (tertiary/aromatic N) is 1. The van der Waals surface area contributed by atoms with Gasteiger partial charge in [0.1, 0.15) is 11.6 Å². The minimum atomic E-state index is -0.291. The summed E-state index contributed by atoms with van der Waals surface area (Å²) in [5, 5.41) is 2.78. The van der Waals surface area contributed by atoms with Crippen molar-refractivity contribution in [2.24, 2.45) is 0 Å². The van der Waals surface area contributed by atoms with Gasteiger partial charge in [-0.25, -0.2) is 4.39 Å². The lowest BCUT2D eigenvalue weighted by atomic mass is 10.2. The molecular weight excluding hydrogens is 259 g/mol. The molecule has 0 atom stereocenters. The number of benzene rings is 1. The van der Waals surface area contributed by atoms with Gasteiger partial charge < -0.3 is 10.1 Å². The number of pyridine rings is 1. The van der Waals surface area contributed by atoms with E-state index in [1.807, 2.05) is 0 Å². The SMILES string of the molecule is O=C(NCCCOc1ccc(F)cc1)c1cccnc1. The van der Waals surface area contributed by atoms with Crippen LogP contribution in [0.15, 0.2) is 48.8 Å². The van der Waals surface area contributed by atoms with Gasteiger partial charge in [0.25, 0.3) is 5.91 Å². The van der Waals surface area contributed by atoms with Gasteiger partial charge in [-0.15, -0.1) is 0 Å². The summed E-state index contributed by atoms with van der Waals surface area (Å²) in [6.45, 7) is 0.966. The highest BCUT2D eigenvalue weighted by Crippen LogP contribution is 2.10. The fourth-order valence-corrected chi connectivity index (χ4v) is 1.59. The maximum Gasteiger partial charge on any atom is 0.252 e. The van der Waals surface area contributed by atoms with Crippen LogP contribution in [0.1, 0.15) is 16.8 Å². The van der Waals surface area contributed by atoms with Crippen LogP contribution in [0.3, 0.4) is 0 Å². The lowest BCUT2D eigenvalue weighted by Crippen LogP contribution is -2.25. The summed E-state index contributed by atoms with van der Waals surface area (Å²) in [7, 11) is 0. The van der Waals surface area contributed by atoms with Crippen molar-refractivity contribution < 1.29 is 13.9 Å². The summed E-state index contributed by atoms with van der Waals surface area (Å²) in [4.78, 5) is 15.6. The number of rotatable bonds is 6. The number of hydrogen-bond donors (Lipinski definition) is 1. The minimum absolute atomic E-state index is 0.153. The lowest BCUT2D eigenvalue weighted by molar-refractivity contribution is 0.0951. The van der Waals surface area contributed by atoms with Crippen LogP contribution in [-0.2, 0) is 0 Å². The second-order valence-corrected chi connectivity index (χ2v) is 4.15. The fraction of sp³-hybridized carbons (Fsp3) is 0.200. The number of hydrogen-bond acceptors (Lipinski definition) is 3. The Kier molecular flexibility index (Phi) is 5.06. The van der Waals surface area contributed by atoms with Crippen LogP contribution in [0.4, 0.5) is 4.39 Å². The van der Waals surface area contributed by atoms with Gasteiger partial charge in [-0.1, -0.05) is 0 Å². The van der Waals surface area contributed by atoms with Crippen LogP contribution < -0.4 is 10.1 Å². The van der Waals surface area contributed by atoms with Gasteiger partial charge >= 0.3 is 0 Å². The molecule has 0 aliphatic carbocycles. The fourth-order valence-electron chi connectivity index (χ4n) is 1.59. The zero-order valence-electron chi connectivity index (χ0n) is 10.9. The average Bonchev–Trinajstić information content (AvgIpc) is 2.49. The molecule has 2 rings (SSSR count). The Morgan fingerprint density at radius 3 is 2.75 bits per heavy atom. The van der Waals surface area contributed by atoms with Gasteiger partial charge in [-0.2, -0.15) is 0 Å². The molecule has 1 aromatic carbocycles. The molecule has 0 unspecified atom stereocenters. The third-order valence-electron chi connectivity index (χ3n) is 2.61. The van der Waals surface area contributed by atoms with E-state index in [2.05, 4.69) is 10.3 Å². The highest BCUT2D eigenvalue weighted by molar-refractivity contribution is 5.93. The number of halogens is 1. The third kappa shape index (κ3) is 4.35. The van der Waals surface area contributed by atoms with E-state index in [4.69, 9.17) is 4.74 Å². The first-order valence-corrected chi connectivity index (χ1v) is 6.32. The van der Waals surface area contributed by atoms with E-state index < -0.39 is 0 Å². The number of nitrogens with one attached hydrogen (secondary N) is 1. The first-order chi connectivity index (χ1) is 9.75. The van der Waals surface area contributed by atoms with Crippen LogP contribution >= 0.6 is 0 Å². The Morgan fingerprint density at radius 1 is 1.25 bits per heavy atom. The van der Waals surface area contributed by atoms with Gasteiger partial charge in [0.15, 0.2) is 0 Å². The van der Waals surface area contributed by atoms with E-state index in [9.17, 15) is 9.18 Å². The van der Waals surface area contributed by atoms with Crippen molar-refractivity contribution in [3.63, 3.8) is 0 Å². The van der Waals surface area contributed by atoms with Gasteiger partial charge in [0.2, 0.25) is 0 Å². The van der Waals surface area contributed by atoms with Crippen LogP contribution in [-0.4, -0.2) is 24.0 Å². The van der Waals surface area contributed by atoms with Crippen molar-refractivity contribution in [1.29, 1.82) is 0 Å². The smallest absolute Gasteiger partial charge is 0.252 e. The van der Waals surface area contributed by atoms with Crippen molar-refractivity contribution in [3.8, 4) is 5.75 Å². The zero-order chi connectivity index (χ0) is 14.2. The van der Waals surface area contributed by atoms with E-state index in [-0.39, 0.29) is 11.7 Å². The molecule has 0 aliphatic rings. The second kappa shape index (κ2) is 7.23. The molecule has 1 aromatic heterocycles. The monoisotopic (exact) mass is 274 g/mol. The Labute approximate surface area is 116 Å². The summed E-state index contributed by atoms with van der Waals surface area (Å²) < 4.78 is 18.1. The molecule has 20 heavy (non-hydrogen) atoms. The van der Waals surface area contributed by atoms with E-state index in [1.165, 1.54) is 18.3 Å². The molecule has 4 nitrogen and oxygen atoms in total. The van der Waals surface area contributed by atoms with Crippen LogP contribution in [0.2, 0.25) is 0 Å². The summed E-state index contributed by atoms with van der Waals surface area (Å²) >= 11 is 0. The van der Waals surface area contributed by atoms with Crippen molar-refractivity contribution >= 4 is 5.91 Å². The third-order valence-corrected chi connectivity index (χ3v) is 2.61. The van der Waals surface area contributed by atoms with Gasteiger partial charge in [-0.3, -0.25) is 9.78 Å². The number of amides is 1. The van der Waals surface area contributed by atoms with E-state index >= 15 is 0 Å². The summed E-state index contributed by atoms with van der Waals surface area (Å²) in [6, 6.07) is 9.26. The van der Waals surface area contributed by atoms with Crippen LogP contribution in [0, 0.1) is 5.82 Å². The average molecular weight is 274 g/mol. The van der Waals surface area contributed by atoms with E-state index in [0.717, 1.165) is 0 Å². The Hall–Kier alpha value is -2.43. The molecule has 0 saturated heterocycles. The highest BCUT2D eigenvalue weighted by atomic mass is 19.1. The van der Waals surface area contributed by atoms with Gasteiger partial charge in [-0.05, 0) is 42.8 Å². The van der Waals surface area contributed by atoms with Crippen molar-refractivity contribution in [1.82, 2.24) is 10.3 Å². The quantitative estimate of drug-likeness (QED) is 0.823. The van der Waals surface area contributed by atoms with E-state index in [1.54, 1.807) is 30.5 Å². The normalized spacial score (nSPS) is 10.1. The highest BCUT2D eigenvalue weighted by Gasteiger charge is 2.03. The Morgan fingerprint density at radius 2 is 2.05 bits per heavy atom. The zero-order valence-corrected chi connectivity index (χ0v) is 10.9. The standard InChI is InChI=1S/C15H15FN2O2/c16-13-4-6-14(7-5-13)20-10-2-9-18-15(19)12-3-1-8-17-11-12/h1,3-8,11H,2,9-10H2,(H,18,19). The van der Waals surface area contributed by atoms with Gasteiger partial charge in [0, 0.05) is 18.9 Å². The largest absolute Gasteiger partial charge is 0.494 e. The minimum Gasteiger partial charge on any atom is -0.494 e. The first-order valence-electron chi connectivity index (χ1n) is 6.32. The molecule has 0 fully saturated rings. The first kappa shape index (κ1) is 14.0. The van der Waals surface area contributed by atoms with Gasteiger partial charge in [0.05, 0.1) is 12.2 Å². The predicted octanol–water partition coefficient (Wildman–Crippen LogP) is 2.42. The summed E-state index contributed by atoms with van der Waals surface area (Å²) in [5.41, 5.74) is 0.534. The Balaban J connectivity index is 1.64. The number of carbonyl (C=O) groups is 1. The van der Waals surface area contributed by atoms with Crippen molar-refractivity contribution in [2.75, 3.05) is 13.2 Å². The predicted molar refractivity (Wildman–Crippen MR) is 73.1 cm³/mol. The molecule has 2 aromatic rings. The molecule has 0 bridgehead atoms. The van der Waals surface area contributed by atoms with E-state index in [0.29, 0.717) is 30.9 Å².